The van der Waals surface area contributed by atoms with E-state index in [0.717, 1.165) is 5.75 Å². The van der Waals surface area contributed by atoms with Gasteiger partial charge in [-0.1, -0.05) is 6.58 Å². The van der Waals surface area contributed by atoms with Crippen molar-refractivity contribution in [3.05, 3.63) is 42.5 Å². The Morgan fingerprint density at radius 1 is 1.27 bits per heavy atom. The van der Waals surface area contributed by atoms with Crippen LogP contribution in [0.15, 0.2) is 36.9 Å². The Labute approximate surface area is 90.6 Å². The highest BCUT2D eigenvalue weighted by molar-refractivity contribution is 6.04. The van der Waals surface area contributed by atoms with E-state index in [4.69, 9.17) is 4.74 Å². The highest BCUT2D eigenvalue weighted by Crippen LogP contribution is 2.18. The minimum absolute atomic E-state index is 0.0719. The molecule has 80 valence electrons. The maximum atomic E-state index is 11.3. The molecule has 0 radical (unpaired) electrons. The molecule has 0 aliphatic rings. The average molecular weight is 204 g/mol. The molecule has 0 aliphatic carbocycles. The molecule has 1 aromatic carbocycles. The molecular weight excluding hydrogens is 188 g/mol. The van der Waals surface area contributed by atoms with Crippen LogP contribution in [0.25, 0.3) is 0 Å². The maximum absolute atomic E-state index is 11.3. The van der Waals surface area contributed by atoms with Gasteiger partial charge in [-0.3, -0.25) is 4.79 Å². The SMILES string of the molecule is C=CC(=O)c1ccc(OC(C)(C)C)cc1. The van der Waals surface area contributed by atoms with Gasteiger partial charge in [-0.2, -0.15) is 0 Å². The van der Waals surface area contributed by atoms with Crippen LogP contribution in [0.2, 0.25) is 0 Å². The summed E-state index contributed by atoms with van der Waals surface area (Å²) in [7, 11) is 0. The lowest BCUT2D eigenvalue weighted by molar-refractivity contribution is 0.104. The zero-order valence-electron chi connectivity index (χ0n) is 9.41. The van der Waals surface area contributed by atoms with E-state index in [1.165, 1.54) is 6.08 Å². The van der Waals surface area contributed by atoms with Crippen LogP contribution in [0.5, 0.6) is 5.75 Å². The molecule has 0 bridgehead atoms. The molecule has 15 heavy (non-hydrogen) atoms. The zero-order valence-corrected chi connectivity index (χ0v) is 9.41. The third-order valence-electron chi connectivity index (χ3n) is 1.75. The van der Waals surface area contributed by atoms with E-state index in [-0.39, 0.29) is 11.4 Å². The molecule has 1 aromatic rings. The summed E-state index contributed by atoms with van der Waals surface area (Å²) in [6, 6.07) is 7.07. The van der Waals surface area contributed by atoms with E-state index in [1.807, 2.05) is 20.8 Å². The second-order valence-electron chi connectivity index (χ2n) is 4.31. The van der Waals surface area contributed by atoms with Gasteiger partial charge in [0.1, 0.15) is 11.4 Å². The van der Waals surface area contributed by atoms with Gasteiger partial charge in [0.2, 0.25) is 0 Å². The number of carbonyl (C=O) groups excluding carboxylic acids is 1. The van der Waals surface area contributed by atoms with Crippen molar-refractivity contribution in [1.29, 1.82) is 0 Å². The topological polar surface area (TPSA) is 26.3 Å². The fourth-order valence-corrected chi connectivity index (χ4v) is 1.16. The third kappa shape index (κ3) is 3.58. The van der Waals surface area contributed by atoms with Crippen molar-refractivity contribution in [2.75, 3.05) is 0 Å². The largest absolute Gasteiger partial charge is 0.488 e. The Hall–Kier alpha value is -1.57. The van der Waals surface area contributed by atoms with E-state index in [1.54, 1.807) is 24.3 Å². The van der Waals surface area contributed by atoms with E-state index >= 15 is 0 Å². The molecule has 0 amide bonds. The number of allylic oxidation sites excluding steroid dienone is 1. The molecule has 0 N–H and O–H groups in total. The summed E-state index contributed by atoms with van der Waals surface area (Å²) in [6.45, 7) is 9.38. The number of benzene rings is 1. The number of hydrogen-bond acceptors (Lipinski definition) is 2. The quantitative estimate of drug-likeness (QED) is 0.558. The van der Waals surface area contributed by atoms with Gasteiger partial charge in [0.15, 0.2) is 5.78 Å². The lowest BCUT2D eigenvalue weighted by Crippen LogP contribution is -2.22. The van der Waals surface area contributed by atoms with Gasteiger partial charge in [0.05, 0.1) is 0 Å². The number of ketones is 1. The molecule has 0 saturated heterocycles. The molecule has 0 heterocycles. The molecule has 0 saturated carbocycles. The fourth-order valence-electron chi connectivity index (χ4n) is 1.16. The van der Waals surface area contributed by atoms with Crippen LogP contribution >= 0.6 is 0 Å². The van der Waals surface area contributed by atoms with Crippen LogP contribution in [-0.4, -0.2) is 11.4 Å². The predicted octanol–water partition coefficient (Wildman–Crippen LogP) is 3.23. The second kappa shape index (κ2) is 4.30. The maximum Gasteiger partial charge on any atom is 0.185 e. The van der Waals surface area contributed by atoms with Crippen molar-refractivity contribution in [2.45, 2.75) is 26.4 Å². The zero-order chi connectivity index (χ0) is 11.5. The first-order chi connectivity index (χ1) is 6.92. The number of carbonyl (C=O) groups is 1. The summed E-state index contributed by atoms with van der Waals surface area (Å²) in [5.74, 6) is 0.695. The van der Waals surface area contributed by atoms with Gasteiger partial charge in [-0.25, -0.2) is 0 Å². The minimum atomic E-state index is -0.218. The van der Waals surface area contributed by atoms with Crippen LogP contribution in [0, 0.1) is 0 Å². The molecular formula is C13H16O2. The molecule has 0 aliphatic heterocycles. The van der Waals surface area contributed by atoms with Crippen molar-refractivity contribution in [1.82, 2.24) is 0 Å². The molecule has 2 heteroatoms. The Morgan fingerprint density at radius 2 is 1.80 bits per heavy atom. The van der Waals surface area contributed by atoms with Crippen LogP contribution in [0.1, 0.15) is 31.1 Å². The molecule has 0 unspecified atom stereocenters. The van der Waals surface area contributed by atoms with E-state index in [2.05, 4.69) is 6.58 Å². The van der Waals surface area contributed by atoms with E-state index in [9.17, 15) is 4.79 Å². The van der Waals surface area contributed by atoms with Gasteiger partial charge in [0, 0.05) is 5.56 Å². The minimum Gasteiger partial charge on any atom is -0.488 e. The molecule has 0 aromatic heterocycles. The smallest absolute Gasteiger partial charge is 0.185 e. The first kappa shape index (κ1) is 11.5. The monoisotopic (exact) mass is 204 g/mol. The summed E-state index contributed by atoms with van der Waals surface area (Å²) in [5.41, 5.74) is 0.413. The molecule has 0 atom stereocenters. The lowest BCUT2D eigenvalue weighted by Gasteiger charge is -2.21. The van der Waals surface area contributed by atoms with Crippen molar-refractivity contribution in [2.24, 2.45) is 0 Å². The Bertz CT molecular complexity index is 355. The Kier molecular flexibility index (Phi) is 3.30. The van der Waals surface area contributed by atoms with Crippen molar-refractivity contribution in [3.63, 3.8) is 0 Å². The Balaban J connectivity index is 2.81. The summed E-state index contributed by atoms with van der Waals surface area (Å²) in [4.78, 5) is 11.3. The summed E-state index contributed by atoms with van der Waals surface area (Å²) in [6.07, 6.45) is 1.31. The van der Waals surface area contributed by atoms with E-state index in [0.29, 0.717) is 5.56 Å². The van der Waals surface area contributed by atoms with Crippen molar-refractivity contribution >= 4 is 5.78 Å². The van der Waals surface area contributed by atoms with Gasteiger partial charge < -0.3 is 4.74 Å². The van der Waals surface area contributed by atoms with Gasteiger partial charge in [-0.15, -0.1) is 0 Å². The normalized spacial score (nSPS) is 10.9. The highest BCUT2D eigenvalue weighted by atomic mass is 16.5. The highest BCUT2D eigenvalue weighted by Gasteiger charge is 2.11. The standard InChI is InChI=1S/C13H16O2/c1-5-12(14)10-6-8-11(9-7-10)15-13(2,3)4/h5-9H,1H2,2-4H3. The Morgan fingerprint density at radius 3 is 2.20 bits per heavy atom. The van der Waals surface area contributed by atoms with Crippen molar-refractivity contribution in [3.8, 4) is 5.75 Å². The summed E-state index contributed by atoms with van der Waals surface area (Å²) >= 11 is 0. The molecule has 0 fully saturated rings. The number of rotatable bonds is 3. The second-order valence-corrected chi connectivity index (χ2v) is 4.31. The first-order valence-electron chi connectivity index (χ1n) is 4.88. The molecule has 0 spiro atoms. The summed E-state index contributed by atoms with van der Waals surface area (Å²) < 4.78 is 5.63. The summed E-state index contributed by atoms with van der Waals surface area (Å²) in [5, 5.41) is 0. The predicted molar refractivity (Wildman–Crippen MR) is 61.4 cm³/mol. The first-order valence-corrected chi connectivity index (χ1v) is 4.88. The lowest BCUT2D eigenvalue weighted by atomic mass is 10.1. The molecule has 2 nitrogen and oxygen atoms in total. The fraction of sp³-hybridized carbons (Fsp3) is 0.308. The van der Waals surface area contributed by atoms with Gasteiger partial charge in [-0.05, 0) is 51.1 Å². The van der Waals surface area contributed by atoms with Gasteiger partial charge >= 0.3 is 0 Å². The van der Waals surface area contributed by atoms with E-state index < -0.39 is 0 Å². The van der Waals surface area contributed by atoms with Gasteiger partial charge in [0.25, 0.3) is 0 Å². The van der Waals surface area contributed by atoms with Crippen LogP contribution in [0.4, 0.5) is 0 Å². The van der Waals surface area contributed by atoms with Crippen LogP contribution in [-0.2, 0) is 0 Å². The number of ether oxygens (including phenoxy) is 1. The van der Waals surface area contributed by atoms with Crippen molar-refractivity contribution < 1.29 is 9.53 Å². The number of hydrogen-bond donors (Lipinski definition) is 0. The molecule has 1 rings (SSSR count). The van der Waals surface area contributed by atoms with Crippen LogP contribution < -0.4 is 4.74 Å². The van der Waals surface area contributed by atoms with Crippen LogP contribution in [0.3, 0.4) is 0 Å². The third-order valence-corrected chi connectivity index (χ3v) is 1.75. The average Bonchev–Trinajstić information content (AvgIpc) is 2.15.